The first kappa shape index (κ1) is 22.5. The number of hydrogen-bond donors (Lipinski definition) is 1. The zero-order valence-electron chi connectivity index (χ0n) is 17.9. The Morgan fingerprint density at radius 2 is 1.77 bits per heavy atom. The van der Waals surface area contributed by atoms with Crippen molar-refractivity contribution < 1.29 is 28.8 Å². The molecule has 0 amide bonds. The van der Waals surface area contributed by atoms with E-state index in [0.717, 1.165) is 0 Å². The number of ether oxygens (including phenoxy) is 2. The highest BCUT2D eigenvalue weighted by molar-refractivity contribution is 6.08. The van der Waals surface area contributed by atoms with Crippen molar-refractivity contribution in [2.45, 2.75) is 57.7 Å². The highest BCUT2D eigenvalue weighted by Crippen LogP contribution is 2.50. The molecule has 0 fully saturated rings. The quantitative estimate of drug-likeness (QED) is 0.235. The number of fused-ring (bicyclic) bond motifs is 3. The minimum Gasteiger partial charge on any atom is -0.462 e. The average molecular weight is 430 g/mol. The summed E-state index contributed by atoms with van der Waals surface area (Å²) in [6.45, 7) is 6.11. The van der Waals surface area contributed by atoms with Crippen LogP contribution in [0.1, 0.15) is 51.3 Å². The maximum Gasteiger partial charge on any atom is 0.329 e. The second-order valence-electron chi connectivity index (χ2n) is 8.40. The van der Waals surface area contributed by atoms with Gasteiger partial charge in [0, 0.05) is 27.4 Å². The van der Waals surface area contributed by atoms with Crippen molar-refractivity contribution in [1.82, 2.24) is 4.98 Å². The predicted molar refractivity (Wildman–Crippen MR) is 111 cm³/mol. The molecule has 0 spiro atoms. The molecular formula is C22H26N2O7. The Morgan fingerprint density at radius 1 is 1.19 bits per heavy atom. The van der Waals surface area contributed by atoms with Crippen LogP contribution in [0.15, 0.2) is 24.3 Å². The third-order valence-electron chi connectivity index (χ3n) is 5.51. The fourth-order valence-corrected chi connectivity index (χ4v) is 4.31. The molecule has 166 valence electrons. The topological polar surface area (TPSA) is 129 Å². The number of nitrogens with zero attached hydrogens (tertiary/aromatic N) is 1. The van der Waals surface area contributed by atoms with Gasteiger partial charge >= 0.3 is 11.9 Å². The number of hydrogen-bond acceptors (Lipinski definition) is 7. The van der Waals surface area contributed by atoms with Gasteiger partial charge in [0.05, 0.1) is 18.1 Å². The Morgan fingerprint density at radius 3 is 2.29 bits per heavy atom. The van der Waals surface area contributed by atoms with Gasteiger partial charge in [-0.15, -0.1) is 0 Å². The standard InChI is InChI=1S/C22H26N2O7/c1-12(2)30-20(26)22(21(27)31-13(3)4)9-14(11-25)16(10-24(28)29)18-15-7-5-6-8-17(15)23-19(18)22/h5-8,11-14,16,23H,9-10H2,1-4H3/t14-,16-/m0/s1. The Hall–Kier alpha value is -3.23. The molecule has 0 aliphatic heterocycles. The first-order valence-corrected chi connectivity index (χ1v) is 10.2. The lowest BCUT2D eigenvalue weighted by atomic mass is 9.64. The van der Waals surface area contributed by atoms with E-state index >= 15 is 0 Å². The number of aldehydes is 1. The Bertz CT molecular complexity index is 1000. The summed E-state index contributed by atoms with van der Waals surface area (Å²) in [6.07, 6.45) is -0.726. The Balaban J connectivity index is 2.35. The maximum atomic E-state index is 13.4. The van der Waals surface area contributed by atoms with E-state index in [4.69, 9.17) is 9.47 Å². The van der Waals surface area contributed by atoms with Crippen LogP contribution in [0.3, 0.4) is 0 Å². The van der Waals surface area contributed by atoms with E-state index in [9.17, 15) is 24.5 Å². The molecule has 1 aliphatic carbocycles. The second kappa shape index (κ2) is 8.49. The third-order valence-corrected chi connectivity index (χ3v) is 5.51. The van der Waals surface area contributed by atoms with E-state index in [1.807, 2.05) is 0 Å². The number of benzene rings is 1. The fourth-order valence-electron chi connectivity index (χ4n) is 4.31. The Kier molecular flexibility index (Phi) is 6.15. The normalized spacial score (nSPS) is 19.8. The molecule has 1 aliphatic rings. The number of carbonyl (C=O) groups is 3. The van der Waals surface area contributed by atoms with Gasteiger partial charge in [0.2, 0.25) is 12.0 Å². The van der Waals surface area contributed by atoms with Gasteiger partial charge < -0.3 is 19.3 Å². The molecule has 1 aromatic carbocycles. The molecule has 3 rings (SSSR count). The lowest BCUT2D eigenvalue weighted by Crippen LogP contribution is -2.53. The number of nitrogens with one attached hydrogen (secondary N) is 1. The lowest BCUT2D eigenvalue weighted by Gasteiger charge is -2.39. The zero-order valence-corrected chi connectivity index (χ0v) is 17.9. The summed E-state index contributed by atoms with van der Waals surface area (Å²) >= 11 is 0. The number of esters is 2. The van der Waals surface area contributed by atoms with Crippen LogP contribution >= 0.6 is 0 Å². The largest absolute Gasteiger partial charge is 0.462 e. The molecule has 0 unspecified atom stereocenters. The van der Waals surface area contributed by atoms with Gasteiger partial charge in [-0.2, -0.15) is 0 Å². The molecule has 1 aromatic heterocycles. The van der Waals surface area contributed by atoms with Crippen molar-refractivity contribution in [3.8, 4) is 0 Å². The van der Waals surface area contributed by atoms with E-state index < -0.39 is 52.9 Å². The van der Waals surface area contributed by atoms with Crippen LogP contribution in [-0.2, 0) is 29.3 Å². The number of para-hydroxylation sites is 1. The van der Waals surface area contributed by atoms with Crippen LogP contribution in [-0.4, -0.2) is 46.9 Å². The monoisotopic (exact) mass is 430 g/mol. The van der Waals surface area contributed by atoms with Crippen molar-refractivity contribution in [1.29, 1.82) is 0 Å². The molecule has 31 heavy (non-hydrogen) atoms. The van der Waals surface area contributed by atoms with E-state index in [1.165, 1.54) is 0 Å². The number of nitro groups is 1. The van der Waals surface area contributed by atoms with Crippen molar-refractivity contribution in [2.24, 2.45) is 5.92 Å². The van der Waals surface area contributed by atoms with Crippen molar-refractivity contribution in [2.75, 3.05) is 6.54 Å². The molecule has 0 saturated carbocycles. The molecule has 1 heterocycles. The van der Waals surface area contributed by atoms with Crippen molar-refractivity contribution >= 4 is 29.1 Å². The maximum absolute atomic E-state index is 13.4. The summed E-state index contributed by atoms with van der Waals surface area (Å²) in [5, 5.41) is 12.0. The van der Waals surface area contributed by atoms with Crippen LogP contribution in [0, 0.1) is 16.0 Å². The molecule has 0 bridgehead atoms. The molecule has 1 N–H and O–H groups in total. The van der Waals surface area contributed by atoms with Crippen LogP contribution in [0.25, 0.3) is 10.9 Å². The number of H-pyrrole nitrogens is 1. The second-order valence-corrected chi connectivity index (χ2v) is 8.40. The van der Waals surface area contributed by atoms with Gasteiger partial charge in [0.25, 0.3) is 0 Å². The van der Waals surface area contributed by atoms with Gasteiger partial charge in [-0.05, 0) is 45.7 Å². The van der Waals surface area contributed by atoms with E-state index in [0.29, 0.717) is 22.8 Å². The molecule has 0 radical (unpaired) electrons. The summed E-state index contributed by atoms with van der Waals surface area (Å²) in [6, 6.07) is 7.02. The van der Waals surface area contributed by atoms with E-state index in [2.05, 4.69) is 4.98 Å². The third kappa shape index (κ3) is 3.92. The molecular weight excluding hydrogens is 404 g/mol. The summed E-state index contributed by atoms with van der Waals surface area (Å²) in [7, 11) is 0. The summed E-state index contributed by atoms with van der Waals surface area (Å²) < 4.78 is 10.9. The number of rotatable bonds is 7. The first-order chi connectivity index (χ1) is 14.6. The van der Waals surface area contributed by atoms with Gasteiger partial charge in [0.1, 0.15) is 6.29 Å². The average Bonchev–Trinajstić information content (AvgIpc) is 3.06. The van der Waals surface area contributed by atoms with Gasteiger partial charge in [-0.3, -0.25) is 19.7 Å². The fraction of sp³-hybridized carbons (Fsp3) is 0.500. The van der Waals surface area contributed by atoms with Crippen LogP contribution < -0.4 is 0 Å². The van der Waals surface area contributed by atoms with Crippen LogP contribution in [0.5, 0.6) is 0 Å². The van der Waals surface area contributed by atoms with Crippen molar-refractivity contribution in [3.63, 3.8) is 0 Å². The predicted octanol–water partition coefficient (Wildman–Crippen LogP) is 2.89. The smallest absolute Gasteiger partial charge is 0.329 e. The summed E-state index contributed by atoms with van der Waals surface area (Å²) in [5.74, 6) is -3.43. The zero-order chi connectivity index (χ0) is 22.9. The minimum absolute atomic E-state index is 0.204. The molecule has 9 nitrogen and oxygen atoms in total. The SMILES string of the molecule is CC(C)OC(=O)C1(C(=O)OC(C)C)C[C@@H](C=O)[C@H](C[N+](=O)[O-])c2c1[nH]c1ccccc21. The molecule has 0 saturated heterocycles. The van der Waals surface area contributed by atoms with Gasteiger partial charge in [-0.25, -0.2) is 0 Å². The molecule has 9 heteroatoms. The number of aromatic amines is 1. The van der Waals surface area contributed by atoms with Crippen LogP contribution in [0.4, 0.5) is 0 Å². The van der Waals surface area contributed by atoms with Gasteiger partial charge in [-0.1, -0.05) is 18.2 Å². The number of aromatic nitrogens is 1. The minimum atomic E-state index is -1.93. The van der Waals surface area contributed by atoms with E-state index in [-0.39, 0.29) is 12.1 Å². The van der Waals surface area contributed by atoms with Crippen molar-refractivity contribution in [3.05, 3.63) is 45.6 Å². The number of carbonyl (C=O) groups excluding carboxylic acids is 3. The van der Waals surface area contributed by atoms with E-state index in [1.54, 1.807) is 52.0 Å². The first-order valence-electron chi connectivity index (χ1n) is 10.2. The Labute approximate surface area is 179 Å². The molecule has 2 aromatic rings. The highest BCUT2D eigenvalue weighted by Gasteiger charge is 2.60. The molecule has 2 atom stereocenters. The summed E-state index contributed by atoms with van der Waals surface area (Å²) in [4.78, 5) is 52.9. The van der Waals surface area contributed by atoms with Gasteiger partial charge in [0.15, 0.2) is 0 Å². The highest BCUT2D eigenvalue weighted by atomic mass is 16.6. The lowest BCUT2D eigenvalue weighted by molar-refractivity contribution is -0.484. The summed E-state index contributed by atoms with van der Waals surface area (Å²) in [5.41, 5.74) is -0.708. The van der Waals surface area contributed by atoms with Crippen LogP contribution in [0.2, 0.25) is 0 Å².